The molecule has 0 aliphatic rings. The van der Waals surface area contributed by atoms with Gasteiger partial charge in [-0.2, -0.15) is 0 Å². The Labute approximate surface area is 98.2 Å². The molecule has 0 unspecified atom stereocenters. The third-order valence-electron chi connectivity index (χ3n) is 1.25. The summed E-state index contributed by atoms with van der Waals surface area (Å²) < 4.78 is 6.30. The molecule has 0 heterocycles. The summed E-state index contributed by atoms with van der Waals surface area (Å²) in [7, 11) is 1.66. The number of methoxy groups -OCH3 is 1. The van der Waals surface area contributed by atoms with E-state index in [2.05, 4.69) is 0 Å². The summed E-state index contributed by atoms with van der Waals surface area (Å²) in [5.41, 5.74) is 0. The molecule has 0 amide bonds. The van der Waals surface area contributed by atoms with E-state index in [-0.39, 0.29) is 24.0 Å². The molecule has 0 aromatic heterocycles. The molecule has 1 rings (SSSR count). The van der Waals surface area contributed by atoms with Crippen LogP contribution >= 0.6 is 35.6 Å². The van der Waals surface area contributed by atoms with Gasteiger partial charge >= 0.3 is 74.9 Å². The van der Waals surface area contributed by atoms with Crippen LogP contribution < -0.4 is 8.89 Å². The van der Waals surface area contributed by atoms with Gasteiger partial charge < -0.3 is 0 Å². The average Bonchev–Trinajstić information content (AvgIpc) is 1.94. The molecule has 0 fully saturated rings. The van der Waals surface area contributed by atoms with Crippen LogP contribution in [0.2, 0.25) is 5.02 Å². The van der Waals surface area contributed by atoms with Crippen molar-refractivity contribution in [2.24, 2.45) is 0 Å². The van der Waals surface area contributed by atoms with E-state index in [0.717, 1.165) is 29.1 Å². The molecule has 0 aliphatic heterocycles. The summed E-state index contributed by atoms with van der Waals surface area (Å²) in [5, 5.41) is 0.731. The summed E-state index contributed by atoms with van der Waals surface area (Å²) in [5.74, 6) is 0.896. The van der Waals surface area contributed by atoms with Gasteiger partial charge in [-0.05, 0) is 0 Å². The first-order chi connectivity index (χ1) is 4.74. The Kier molecular flexibility index (Phi) is 5.66. The van der Waals surface area contributed by atoms with Gasteiger partial charge in [-0.15, -0.1) is 24.0 Å². The maximum absolute atomic E-state index is 5.73. The Morgan fingerprint density at radius 2 is 2.09 bits per heavy atom. The standard InChI is InChI=1S/C7H6ClO.HI.Zn/c1-9-7-4-2-3-6(8)5-7;;/h2-3,5H,1H3;1H;. The second-order valence-electron chi connectivity index (χ2n) is 1.96. The van der Waals surface area contributed by atoms with Crippen LogP contribution in [0.1, 0.15) is 0 Å². The zero-order valence-corrected chi connectivity index (χ0v) is 12.2. The van der Waals surface area contributed by atoms with Crippen molar-refractivity contribution in [2.75, 3.05) is 7.11 Å². The molecule has 0 N–H and O–H groups in total. The molecule has 11 heavy (non-hydrogen) atoms. The predicted octanol–water partition coefficient (Wildman–Crippen LogP) is 2.14. The average molecular weight is 335 g/mol. The molecule has 0 atom stereocenters. The van der Waals surface area contributed by atoms with Gasteiger partial charge in [0, 0.05) is 0 Å². The van der Waals surface area contributed by atoms with Crippen molar-refractivity contribution in [2.45, 2.75) is 0 Å². The van der Waals surface area contributed by atoms with Crippen LogP contribution in [0.25, 0.3) is 0 Å². The Hall–Kier alpha value is 0.663. The van der Waals surface area contributed by atoms with E-state index < -0.39 is 0 Å². The number of benzene rings is 1. The van der Waals surface area contributed by atoms with Gasteiger partial charge in [0.15, 0.2) is 0 Å². The van der Waals surface area contributed by atoms with Crippen LogP contribution in [0, 0.1) is 0 Å². The maximum atomic E-state index is 5.73. The van der Waals surface area contributed by atoms with Crippen LogP contribution in [-0.4, -0.2) is 7.11 Å². The molecular formula is C7H7ClIOZn. The van der Waals surface area contributed by atoms with Crippen molar-refractivity contribution in [3.05, 3.63) is 23.2 Å². The molecule has 1 nitrogen and oxygen atoms in total. The molecule has 1 aromatic rings. The van der Waals surface area contributed by atoms with Crippen LogP contribution in [0.5, 0.6) is 5.75 Å². The largest absolute Gasteiger partial charge is 0.107 e. The summed E-state index contributed by atoms with van der Waals surface area (Å²) in [6.45, 7) is 0. The normalized spacial score (nSPS) is 8.73. The quantitative estimate of drug-likeness (QED) is 0.565. The maximum Gasteiger partial charge on any atom is -0.107 e. The number of hydrogen-bond donors (Lipinski definition) is 0. The molecule has 0 saturated carbocycles. The third kappa shape index (κ3) is 3.26. The minimum absolute atomic E-state index is 0. The zero-order valence-electron chi connectivity index (χ0n) is 6.13. The van der Waals surface area contributed by atoms with Gasteiger partial charge in [-0.25, -0.2) is 0 Å². The molecule has 57 valence electrons. The molecular weight excluding hydrogens is 328 g/mol. The van der Waals surface area contributed by atoms with E-state index in [1.54, 1.807) is 7.11 Å². The van der Waals surface area contributed by atoms with Gasteiger partial charge in [0.25, 0.3) is 0 Å². The first kappa shape index (κ1) is 11.7. The van der Waals surface area contributed by atoms with E-state index in [9.17, 15) is 0 Å². The topological polar surface area (TPSA) is 9.23 Å². The monoisotopic (exact) mass is 333 g/mol. The number of hydrogen-bond acceptors (Lipinski definition) is 1. The van der Waals surface area contributed by atoms with Gasteiger partial charge in [0.1, 0.15) is 0 Å². The van der Waals surface area contributed by atoms with E-state index in [1.807, 2.05) is 18.2 Å². The molecule has 0 spiro atoms. The summed E-state index contributed by atoms with van der Waals surface area (Å²) in [6.07, 6.45) is 0. The first-order valence-corrected chi connectivity index (χ1v) is 4.75. The van der Waals surface area contributed by atoms with Crippen molar-refractivity contribution in [1.82, 2.24) is 0 Å². The molecule has 0 radical (unpaired) electrons. The second-order valence-corrected chi connectivity index (χ2v) is 3.99. The number of ether oxygens (including phenoxy) is 1. The third-order valence-corrected chi connectivity index (χ3v) is 2.71. The van der Waals surface area contributed by atoms with E-state index >= 15 is 0 Å². The molecule has 0 aliphatic carbocycles. The summed E-state index contributed by atoms with van der Waals surface area (Å²) in [4.78, 5) is 0. The van der Waals surface area contributed by atoms with Crippen LogP contribution in [0.15, 0.2) is 18.2 Å². The van der Waals surface area contributed by atoms with Crippen molar-refractivity contribution >= 4 is 39.7 Å². The van der Waals surface area contributed by atoms with Crippen LogP contribution in [0.4, 0.5) is 0 Å². The van der Waals surface area contributed by atoms with Gasteiger partial charge in [-0.3, -0.25) is 0 Å². The number of rotatable bonds is 1. The van der Waals surface area contributed by atoms with Crippen LogP contribution in [-0.2, 0) is 18.3 Å². The Morgan fingerprint density at radius 1 is 1.45 bits per heavy atom. The fraction of sp³-hybridized carbons (Fsp3) is 0.143. The fourth-order valence-electron chi connectivity index (χ4n) is 0.718. The van der Waals surface area contributed by atoms with Gasteiger partial charge in [0.05, 0.1) is 0 Å². The molecule has 4 heteroatoms. The first-order valence-electron chi connectivity index (χ1n) is 2.89. The molecule has 0 bridgehead atoms. The van der Waals surface area contributed by atoms with Crippen molar-refractivity contribution in [3.63, 3.8) is 0 Å². The Balaban J connectivity index is 0.000001000. The SMILES string of the molecule is COc1cc(Cl)cc[c]1[Zn].I. The van der Waals surface area contributed by atoms with E-state index in [1.165, 1.54) is 4.16 Å². The molecule has 0 saturated heterocycles. The van der Waals surface area contributed by atoms with E-state index in [4.69, 9.17) is 16.3 Å². The zero-order chi connectivity index (χ0) is 7.56. The molecule has 1 aromatic carbocycles. The van der Waals surface area contributed by atoms with E-state index in [0.29, 0.717) is 0 Å². The van der Waals surface area contributed by atoms with Crippen molar-refractivity contribution in [1.29, 1.82) is 0 Å². The minimum Gasteiger partial charge on any atom is -0.107 e. The summed E-state index contributed by atoms with van der Waals surface area (Å²) >= 11 is 6.83. The second kappa shape index (κ2) is 5.33. The van der Waals surface area contributed by atoms with Crippen molar-refractivity contribution < 1.29 is 23.0 Å². The smallest absolute Gasteiger partial charge is 0.107 e. The Bertz CT molecular complexity index is 242. The predicted molar refractivity (Wildman–Crippen MR) is 53.1 cm³/mol. The van der Waals surface area contributed by atoms with Gasteiger partial charge in [0.2, 0.25) is 0 Å². The fourth-order valence-corrected chi connectivity index (χ4v) is 1.64. The van der Waals surface area contributed by atoms with Crippen LogP contribution in [0.3, 0.4) is 0 Å². The van der Waals surface area contributed by atoms with Crippen molar-refractivity contribution in [3.8, 4) is 5.75 Å². The minimum atomic E-state index is 0. The summed E-state index contributed by atoms with van der Waals surface area (Å²) in [6, 6.07) is 5.70. The van der Waals surface area contributed by atoms with Gasteiger partial charge in [-0.1, -0.05) is 0 Å². The number of halogens is 2. The Morgan fingerprint density at radius 3 is 2.55 bits per heavy atom.